The van der Waals surface area contributed by atoms with Gasteiger partial charge in [-0.15, -0.1) is 0 Å². The highest BCUT2D eigenvalue weighted by Crippen LogP contribution is 2.49. The van der Waals surface area contributed by atoms with Crippen molar-refractivity contribution < 1.29 is 24.5 Å². The van der Waals surface area contributed by atoms with Gasteiger partial charge in [-0.05, 0) is 0 Å². The van der Waals surface area contributed by atoms with E-state index >= 15 is 0 Å². The fourth-order valence-corrected chi connectivity index (χ4v) is 1.93. The molecule has 0 saturated heterocycles. The Hall–Kier alpha value is -1.33. The van der Waals surface area contributed by atoms with E-state index in [1.165, 1.54) is 14.2 Å². The van der Waals surface area contributed by atoms with Crippen LogP contribution in [0.2, 0.25) is 10.0 Å². The molecule has 0 heterocycles. The molecule has 5 nitrogen and oxygen atoms in total. The van der Waals surface area contributed by atoms with Gasteiger partial charge in [-0.25, -0.2) is 4.79 Å². The average Bonchev–Trinajstić information content (AvgIpc) is 2.18. The summed E-state index contributed by atoms with van der Waals surface area (Å²) < 4.78 is 9.56. The zero-order valence-electron chi connectivity index (χ0n) is 8.38. The lowest BCUT2D eigenvalue weighted by molar-refractivity contribution is 0.0696. The van der Waals surface area contributed by atoms with Crippen LogP contribution in [0.5, 0.6) is 17.2 Å². The Morgan fingerprint density at radius 3 is 1.75 bits per heavy atom. The van der Waals surface area contributed by atoms with Crippen molar-refractivity contribution in [3.05, 3.63) is 15.6 Å². The molecule has 1 rings (SSSR count). The minimum absolute atomic E-state index is 0.194. The molecule has 0 amide bonds. The molecule has 0 radical (unpaired) electrons. The van der Waals surface area contributed by atoms with E-state index in [0.29, 0.717) is 0 Å². The first kappa shape index (κ1) is 12.7. The predicted octanol–water partition coefficient (Wildman–Crippen LogP) is 2.41. The van der Waals surface area contributed by atoms with Crippen molar-refractivity contribution in [2.45, 2.75) is 0 Å². The molecule has 1 aromatic carbocycles. The van der Waals surface area contributed by atoms with Crippen LogP contribution in [0.25, 0.3) is 0 Å². The molecule has 0 unspecified atom stereocenters. The van der Waals surface area contributed by atoms with E-state index in [9.17, 15) is 9.90 Å². The Morgan fingerprint density at radius 1 is 1.12 bits per heavy atom. The van der Waals surface area contributed by atoms with Gasteiger partial charge in [0, 0.05) is 0 Å². The third-order valence-corrected chi connectivity index (χ3v) is 2.61. The van der Waals surface area contributed by atoms with Gasteiger partial charge in [0.15, 0.2) is 11.5 Å². The summed E-state index contributed by atoms with van der Waals surface area (Å²) in [5.41, 5.74) is -0.380. The van der Waals surface area contributed by atoms with Crippen molar-refractivity contribution in [1.29, 1.82) is 0 Å². The summed E-state index contributed by atoms with van der Waals surface area (Å²) in [6, 6.07) is 0. The van der Waals surface area contributed by atoms with Crippen molar-refractivity contribution in [3.8, 4) is 17.2 Å². The quantitative estimate of drug-likeness (QED) is 0.879. The topological polar surface area (TPSA) is 76.0 Å². The highest BCUT2D eigenvalue weighted by Gasteiger charge is 2.27. The molecule has 0 fully saturated rings. The van der Waals surface area contributed by atoms with Crippen LogP contribution in [0.4, 0.5) is 0 Å². The average molecular weight is 267 g/mol. The van der Waals surface area contributed by atoms with Gasteiger partial charge in [-0.2, -0.15) is 0 Å². The van der Waals surface area contributed by atoms with Crippen molar-refractivity contribution in [3.63, 3.8) is 0 Å². The standard InChI is InChI=1S/C9H8Cl2O5/c1-15-7-4(10)3(9(13)14)5(11)8(16-2)6(7)12/h12H,1-2H3,(H,13,14). The second-order valence-electron chi connectivity index (χ2n) is 2.72. The molecule has 0 bridgehead atoms. The number of phenolic OH excluding ortho intramolecular Hbond substituents is 1. The fourth-order valence-electron chi connectivity index (χ4n) is 1.19. The first-order chi connectivity index (χ1) is 7.45. The van der Waals surface area contributed by atoms with Crippen LogP contribution in [0.3, 0.4) is 0 Å². The summed E-state index contributed by atoms with van der Waals surface area (Å²) in [6.45, 7) is 0. The number of carboxylic acid groups (broad SMARTS) is 1. The predicted molar refractivity (Wildman–Crippen MR) is 58.2 cm³/mol. The fraction of sp³-hybridized carbons (Fsp3) is 0.222. The van der Waals surface area contributed by atoms with Crippen LogP contribution < -0.4 is 9.47 Å². The molecule has 88 valence electrons. The maximum Gasteiger partial charge on any atom is 0.339 e. The first-order valence-corrected chi connectivity index (χ1v) is 4.76. The minimum Gasteiger partial charge on any atom is -0.502 e. The van der Waals surface area contributed by atoms with E-state index in [0.717, 1.165) is 0 Å². The molecular formula is C9H8Cl2O5. The Balaban J connectivity index is 3.70. The summed E-state index contributed by atoms with van der Waals surface area (Å²) in [6.07, 6.45) is 0. The Bertz CT molecular complexity index is 413. The number of ether oxygens (including phenoxy) is 2. The van der Waals surface area contributed by atoms with Gasteiger partial charge < -0.3 is 19.7 Å². The lowest BCUT2D eigenvalue weighted by atomic mass is 10.1. The Morgan fingerprint density at radius 2 is 1.50 bits per heavy atom. The van der Waals surface area contributed by atoms with Crippen molar-refractivity contribution in [1.82, 2.24) is 0 Å². The van der Waals surface area contributed by atoms with E-state index in [4.69, 9.17) is 37.8 Å². The van der Waals surface area contributed by atoms with Crippen LogP contribution >= 0.6 is 23.2 Å². The summed E-state index contributed by atoms with van der Waals surface area (Å²) in [5, 5.41) is 18.0. The number of carboxylic acids is 1. The number of methoxy groups -OCH3 is 2. The van der Waals surface area contributed by atoms with E-state index in [2.05, 4.69) is 0 Å². The van der Waals surface area contributed by atoms with Gasteiger partial charge in [0.1, 0.15) is 15.6 Å². The van der Waals surface area contributed by atoms with Gasteiger partial charge in [0.05, 0.1) is 14.2 Å². The van der Waals surface area contributed by atoms with Gasteiger partial charge >= 0.3 is 5.97 Å². The zero-order valence-corrected chi connectivity index (χ0v) is 9.89. The molecule has 0 aliphatic rings. The molecule has 7 heteroatoms. The molecule has 0 spiro atoms. The van der Waals surface area contributed by atoms with Gasteiger partial charge in [-0.3, -0.25) is 0 Å². The molecular weight excluding hydrogens is 259 g/mol. The SMILES string of the molecule is COc1c(O)c(OC)c(Cl)c(C(=O)O)c1Cl. The Labute approximate surface area is 101 Å². The lowest BCUT2D eigenvalue weighted by Crippen LogP contribution is -2.03. The van der Waals surface area contributed by atoms with Gasteiger partial charge in [-0.1, -0.05) is 23.2 Å². The summed E-state index contributed by atoms with van der Waals surface area (Å²) in [5.74, 6) is -2.17. The number of hydrogen-bond donors (Lipinski definition) is 2. The van der Waals surface area contributed by atoms with Crippen molar-refractivity contribution in [2.75, 3.05) is 14.2 Å². The molecule has 0 aliphatic heterocycles. The van der Waals surface area contributed by atoms with Crippen LogP contribution in [0.1, 0.15) is 10.4 Å². The second kappa shape index (κ2) is 4.67. The molecule has 2 N–H and O–H groups in total. The molecule has 0 saturated carbocycles. The van der Waals surface area contributed by atoms with Gasteiger partial charge in [0.25, 0.3) is 0 Å². The van der Waals surface area contributed by atoms with Crippen LogP contribution in [0.15, 0.2) is 0 Å². The number of phenols is 1. The minimum atomic E-state index is -1.34. The smallest absolute Gasteiger partial charge is 0.339 e. The van der Waals surface area contributed by atoms with E-state index in [1.54, 1.807) is 0 Å². The van der Waals surface area contributed by atoms with E-state index in [1.807, 2.05) is 0 Å². The third kappa shape index (κ3) is 1.83. The van der Waals surface area contributed by atoms with E-state index < -0.39 is 11.7 Å². The maximum absolute atomic E-state index is 10.9. The largest absolute Gasteiger partial charge is 0.502 e. The highest BCUT2D eigenvalue weighted by molar-refractivity contribution is 6.41. The van der Waals surface area contributed by atoms with Crippen LogP contribution in [-0.4, -0.2) is 30.4 Å². The number of benzene rings is 1. The summed E-state index contributed by atoms with van der Waals surface area (Å²) in [4.78, 5) is 10.9. The van der Waals surface area contributed by atoms with Gasteiger partial charge in [0.2, 0.25) is 5.75 Å². The zero-order chi connectivity index (χ0) is 12.5. The number of halogens is 2. The number of aromatic hydroxyl groups is 1. The third-order valence-electron chi connectivity index (χ3n) is 1.89. The molecule has 0 aliphatic carbocycles. The van der Waals surface area contributed by atoms with Crippen molar-refractivity contribution >= 4 is 29.2 Å². The normalized spacial score (nSPS) is 10.0. The summed E-state index contributed by atoms with van der Waals surface area (Å²) >= 11 is 11.5. The second-order valence-corrected chi connectivity index (χ2v) is 3.48. The molecule has 0 atom stereocenters. The van der Waals surface area contributed by atoms with E-state index in [-0.39, 0.29) is 27.1 Å². The number of aromatic carboxylic acids is 1. The molecule has 1 aromatic rings. The maximum atomic E-state index is 10.9. The Kier molecular flexibility index (Phi) is 3.72. The number of hydrogen-bond acceptors (Lipinski definition) is 4. The first-order valence-electron chi connectivity index (χ1n) is 4.00. The lowest BCUT2D eigenvalue weighted by Gasteiger charge is -2.14. The van der Waals surface area contributed by atoms with Crippen molar-refractivity contribution in [2.24, 2.45) is 0 Å². The monoisotopic (exact) mass is 266 g/mol. The summed E-state index contributed by atoms with van der Waals surface area (Å²) in [7, 11) is 2.47. The highest BCUT2D eigenvalue weighted by atomic mass is 35.5. The number of carbonyl (C=O) groups is 1. The number of rotatable bonds is 3. The molecule has 0 aromatic heterocycles. The van der Waals surface area contributed by atoms with Crippen LogP contribution in [0, 0.1) is 0 Å². The molecule has 16 heavy (non-hydrogen) atoms. The van der Waals surface area contributed by atoms with Crippen LogP contribution in [-0.2, 0) is 0 Å².